The van der Waals surface area contributed by atoms with E-state index in [2.05, 4.69) is 9.97 Å². The van der Waals surface area contributed by atoms with Gasteiger partial charge in [0, 0.05) is 11.9 Å². The highest BCUT2D eigenvalue weighted by Crippen LogP contribution is 2.21. The number of pyridine rings is 1. The Kier molecular flexibility index (Phi) is 2.52. The van der Waals surface area contributed by atoms with Crippen LogP contribution in [0, 0.1) is 6.92 Å². The molecular formula is C14H11N3O2. The molecule has 0 saturated heterocycles. The average Bonchev–Trinajstić information content (AvgIpc) is 2.82. The fourth-order valence-corrected chi connectivity index (χ4v) is 2.06. The van der Waals surface area contributed by atoms with E-state index in [1.165, 1.54) is 6.20 Å². The van der Waals surface area contributed by atoms with E-state index in [1.807, 2.05) is 31.2 Å². The number of aryl methyl sites for hydroxylation is 1. The number of hydrogen-bond acceptors (Lipinski definition) is 3. The molecule has 2 heterocycles. The summed E-state index contributed by atoms with van der Waals surface area (Å²) in [6.07, 6.45) is 3.01. The van der Waals surface area contributed by atoms with Crippen LogP contribution in [0.5, 0.6) is 0 Å². The second kappa shape index (κ2) is 4.20. The number of aromatic nitrogens is 3. The van der Waals surface area contributed by atoms with Crippen LogP contribution in [0.1, 0.15) is 16.1 Å². The molecule has 0 unspecified atom stereocenters. The van der Waals surface area contributed by atoms with E-state index in [9.17, 15) is 9.90 Å². The Morgan fingerprint density at radius 1 is 1.26 bits per heavy atom. The van der Waals surface area contributed by atoms with Crippen molar-refractivity contribution < 1.29 is 9.90 Å². The Hall–Kier alpha value is -2.69. The highest BCUT2D eigenvalue weighted by atomic mass is 16.4. The highest BCUT2D eigenvalue weighted by Gasteiger charge is 2.14. The third kappa shape index (κ3) is 1.85. The van der Waals surface area contributed by atoms with Crippen LogP contribution in [0.2, 0.25) is 0 Å². The molecule has 0 spiro atoms. The lowest BCUT2D eigenvalue weighted by Gasteiger charge is -2.08. The number of para-hydroxylation sites is 2. The zero-order valence-corrected chi connectivity index (χ0v) is 10.2. The quantitative estimate of drug-likeness (QED) is 0.761. The number of benzene rings is 1. The maximum Gasteiger partial charge on any atom is 0.339 e. The number of rotatable bonds is 2. The van der Waals surface area contributed by atoms with Gasteiger partial charge in [-0.2, -0.15) is 0 Å². The number of aromatic carboxylic acids is 1. The molecule has 2 aromatic heterocycles. The van der Waals surface area contributed by atoms with Gasteiger partial charge in [0.05, 0.1) is 16.7 Å². The molecule has 0 radical (unpaired) electrons. The smallest absolute Gasteiger partial charge is 0.339 e. The second-order valence-electron chi connectivity index (χ2n) is 4.25. The Morgan fingerprint density at radius 2 is 2.05 bits per heavy atom. The van der Waals surface area contributed by atoms with Crippen molar-refractivity contribution in [2.75, 3.05) is 0 Å². The molecule has 0 saturated carbocycles. The van der Waals surface area contributed by atoms with E-state index in [0.29, 0.717) is 5.69 Å². The average molecular weight is 253 g/mol. The van der Waals surface area contributed by atoms with Gasteiger partial charge in [-0.05, 0) is 25.1 Å². The van der Waals surface area contributed by atoms with Crippen molar-refractivity contribution in [3.8, 4) is 5.69 Å². The fourth-order valence-electron chi connectivity index (χ4n) is 2.06. The molecule has 1 N–H and O–H groups in total. The van der Waals surface area contributed by atoms with Crippen LogP contribution < -0.4 is 0 Å². The van der Waals surface area contributed by atoms with Gasteiger partial charge in [-0.25, -0.2) is 9.78 Å². The predicted molar refractivity (Wildman–Crippen MR) is 70.6 cm³/mol. The van der Waals surface area contributed by atoms with E-state index in [-0.39, 0.29) is 5.56 Å². The number of fused-ring (bicyclic) bond motifs is 1. The summed E-state index contributed by atoms with van der Waals surface area (Å²) in [7, 11) is 0. The summed E-state index contributed by atoms with van der Waals surface area (Å²) in [4.78, 5) is 19.6. The lowest BCUT2D eigenvalue weighted by Crippen LogP contribution is -2.06. The summed E-state index contributed by atoms with van der Waals surface area (Å²) in [5, 5.41) is 9.25. The first kappa shape index (κ1) is 11.4. The fraction of sp³-hybridized carbons (Fsp3) is 0.0714. The Morgan fingerprint density at radius 3 is 2.84 bits per heavy atom. The molecule has 19 heavy (non-hydrogen) atoms. The number of imidazole rings is 1. The van der Waals surface area contributed by atoms with E-state index in [4.69, 9.17) is 0 Å². The summed E-state index contributed by atoms with van der Waals surface area (Å²) >= 11 is 0. The van der Waals surface area contributed by atoms with E-state index < -0.39 is 5.97 Å². The summed E-state index contributed by atoms with van der Waals surface area (Å²) in [5.74, 6) is -1.000. The first-order chi connectivity index (χ1) is 9.16. The molecule has 5 nitrogen and oxygen atoms in total. The van der Waals surface area contributed by atoms with E-state index >= 15 is 0 Å². The van der Waals surface area contributed by atoms with Gasteiger partial charge < -0.3 is 5.11 Å². The summed E-state index contributed by atoms with van der Waals surface area (Å²) in [6.45, 7) is 1.83. The van der Waals surface area contributed by atoms with Gasteiger partial charge in [0.2, 0.25) is 0 Å². The lowest BCUT2D eigenvalue weighted by molar-refractivity contribution is 0.0696. The molecule has 5 heteroatoms. The van der Waals surface area contributed by atoms with E-state index in [1.54, 1.807) is 17.0 Å². The second-order valence-corrected chi connectivity index (χ2v) is 4.25. The van der Waals surface area contributed by atoms with Gasteiger partial charge in [0.25, 0.3) is 0 Å². The zero-order valence-electron chi connectivity index (χ0n) is 10.2. The minimum Gasteiger partial charge on any atom is -0.478 e. The van der Waals surface area contributed by atoms with Crippen molar-refractivity contribution in [1.82, 2.24) is 14.5 Å². The van der Waals surface area contributed by atoms with Gasteiger partial charge in [0.15, 0.2) is 0 Å². The monoisotopic (exact) mass is 253 g/mol. The third-order valence-electron chi connectivity index (χ3n) is 2.96. The van der Waals surface area contributed by atoms with Crippen LogP contribution in [0.3, 0.4) is 0 Å². The van der Waals surface area contributed by atoms with E-state index in [0.717, 1.165) is 16.7 Å². The number of carboxylic acid groups (broad SMARTS) is 1. The molecule has 94 valence electrons. The van der Waals surface area contributed by atoms with Crippen LogP contribution in [0.25, 0.3) is 16.7 Å². The number of nitrogens with zero attached hydrogens (tertiary/aromatic N) is 3. The molecule has 0 aliphatic carbocycles. The Labute approximate surface area is 109 Å². The van der Waals surface area contributed by atoms with Crippen molar-refractivity contribution in [3.63, 3.8) is 0 Å². The van der Waals surface area contributed by atoms with Crippen LogP contribution >= 0.6 is 0 Å². The van der Waals surface area contributed by atoms with Gasteiger partial charge >= 0.3 is 5.97 Å². The van der Waals surface area contributed by atoms with Crippen molar-refractivity contribution in [1.29, 1.82) is 0 Å². The van der Waals surface area contributed by atoms with Crippen molar-refractivity contribution in [3.05, 3.63) is 54.1 Å². The van der Waals surface area contributed by atoms with Crippen LogP contribution in [0.4, 0.5) is 0 Å². The van der Waals surface area contributed by atoms with Gasteiger partial charge in [-0.1, -0.05) is 12.1 Å². The highest BCUT2D eigenvalue weighted by molar-refractivity contribution is 5.92. The Bertz CT molecular complexity index is 777. The summed E-state index contributed by atoms with van der Waals surface area (Å²) in [5.41, 5.74) is 3.20. The minimum absolute atomic E-state index is 0.161. The van der Waals surface area contributed by atoms with Crippen LogP contribution in [0.15, 0.2) is 42.9 Å². The largest absolute Gasteiger partial charge is 0.478 e. The maximum absolute atomic E-state index is 11.3. The zero-order chi connectivity index (χ0) is 13.4. The molecule has 0 aliphatic heterocycles. The third-order valence-corrected chi connectivity index (χ3v) is 2.96. The molecule has 3 rings (SSSR count). The SMILES string of the molecule is Cc1cc(-n2cnc3ccccc32)c(C(=O)O)cn1. The summed E-state index contributed by atoms with van der Waals surface area (Å²) in [6, 6.07) is 9.34. The minimum atomic E-state index is -1.000. The van der Waals surface area contributed by atoms with Gasteiger partial charge in [-0.15, -0.1) is 0 Å². The number of hydrogen-bond donors (Lipinski definition) is 1. The first-order valence-electron chi connectivity index (χ1n) is 5.79. The predicted octanol–water partition coefficient (Wildman–Crippen LogP) is 2.43. The Balaban J connectivity index is 2.32. The standard InChI is InChI=1S/C14H11N3O2/c1-9-6-13(10(7-15-9)14(18)19)17-8-16-11-4-2-3-5-12(11)17/h2-8H,1H3,(H,18,19). The van der Waals surface area contributed by atoms with Crippen LogP contribution in [-0.4, -0.2) is 25.6 Å². The normalized spacial score (nSPS) is 10.8. The first-order valence-corrected chi connectivity index (χ1v) is 5.79. The van der Waals surface area contributed by atoms with Gasteiger partial charge in [-0.3, -0.25) is 9.55 Å². The maximum atomic E-state index is 11.3. The number of carboxylic acids is 1. The topological polar surface area (TPSA) is 68.0 Å². The number of carbonyl (C=O) groups is 1. The lowest BCUT2D eigenvalue weighted by atomic mass is 10.2. The molecule has 0 aliphatic rings. The molecule has 0 amide bonds. The molecule has 0 fully saturated rings. The molecule has 0 bridgehead atoms. The van der Waals surface area contributed by atoms with Crippen molar-refractivity contribution in [2.24, 2.45) is 0 Å². The van der Waals surface area contributed by atoms with Crippen molar-refractivity contribution in [2.45, 2.75) is 6.92 Å². The molecular weight excluding hydrogens is 242 g/mol. The molecule has 1 aromatic carbocycles. The van der Waals surface area contributed by atoms with Crippen LogP contribution in [-0.2, 0) is 0 Å². The molecule has 0 atom stereocenters. The summed E-state index contributed by atoms with van der Waals surface area (Å²) < 4.78 is 1.77. The van der Waals surface area contributed by atoms with Gasteiger partial charge in [0.1, 0.15) is 11.9 Å². The molecule has 3 aromatic rings. The van der Waals surface area contributed by atoms with Crippen molar-refractivity contribution >= 4 is 17.0 Å².